The molecule has 0 aromatic heterocycles. The molecule has 6 nitrogen and oxygen atoms in total. The minimum atomic E-state index is -0.105. The molecule has 0 spiro atoms. The number of methoxy groups -OCH3 is 1. The molecule has 1 aromatic carbocycles. The number of hydrogen-bond acceptors (Lipinski definition) is 4. The molecule has 2 atom stereocenters. The van der Waals surface area contributed by atoms with Gasteiger partial charge in [-0.1, -0.05) is 0 Å². The second-order valence-electron chi connectivity index (χ2n) is 5.74. The molecule has 2 rings (SSSR count). The number of rotatable bonds is 7. The predicted octanol–water partition coefficient (Wildman–Crippen LogP) is 2.28. The molecule has 0 bridgehead atoms. The summed E-state index contributed by atoms with van der Waals surface area (Å²) in [6.45, 7) is 3.71. The Kier molecular flexibility index (Phi) is 6.52. The Balaban J connectivity index is 1.68. The summed E-state index contributed by atoms with van der Waals surface area (Å²) in [6.07, 6.45) is 2.20. The van der Waals surface area contributed by atoms with E-state index >= 15 is 0 Å². The molecule has 1 aliphatic heterocycles. The number of likely N-dealkylation sites (N-methyl/N-ethyl adjacent to an activating group) is 1. The van der Waals surface area contributed by atoms with Crippen molar-refractivity contribution < 1.29 is 19.0 Å². The topological polar surface area (TPSA) is 60.0 Å². The third-order valence-corrected chi connectivity index (χ3v) is 3.98. The van der Waals surface area contributed by atoms with Crippen molar-refractivity contribution in [1.29, 1.82) is 0 Å². The fourth-order valence-electron chi connectivity index (χ4n) is 2.47. The number of ether oxygens (including phenoxy) is 3. The van der Waals surface area contributed by atoms with Gasteiger partial charge in [0.2, 0.25) is 0 Å². The van der Waals surface area contributed by atoms with E-state index in [0.717, 1.165) is 30.9 Å². The Morgan fingerprint density at radius 3 is 2.70 bits per heavy atom. The first-order valence-corrected chi connectivity index (χ1v) is 8.00. The Bertz CT molecular complexity index is 486. The largest absolute Gasteiger partial charge is 0.497 e. The van der Waals surface area contributed by atoms with Crippen molar-refractivity contribution in [2.75, 3.05) is 33.9 Å². The van der Waals surface area contributed by atoms with Crippen LogP contribution in [-0.4, -0.2) is 57.0 Å². The second kappa shape index (κ2) is 8.62. The Morgan fingerprint density at radius 2 is 2.09 bits per heavy atom. The Hall–Kier alpha value is -1.95. The number of nitrogens with zero attached hydrogens (tertiary/aromatic N) is 1. The Labute approximate surface area is 137 Å². The van der Waals surface area contributed by atoms with Gasteiger partial charge in [-0.25, -0.2) is 4.79 Å². The first-order chi connectivity index (χ1) is 11.1. The lowest BCUT2D eigenvalue weighted by molar-refractivity contribution is 0.0836. The average molecular weight is 322 g/mol. The van der Waals surface area contributed by atoms with E-state index in [0.29, 0.717) is 13.2 Å². The van der Waals surface area contributed by atoms with Gasteiger partial charge >= 0.3 is 6.03 Å². The first-order valence-electron chi connectivity index (χ1n) is 8.00. The molecule has 128 valence electrons. The van der Waals surface area contributed by atoms with Gasteiger partial charge < -0.3 is 24.4 Å². The third-order valence-electron chi connectivity index (χ3n) is 3.98. The predicted molar refractivity (Wildman–Crippen MR) is 88.1 cm³/mol. The molecule has 6 heteroatoms. The number of hydrogen-bond donors (Lipinski definition) is 1. The number of carbonyl (C=O) groups is 1. The van der Waals surface area contributed by atoms with E-state index in [-0.39, 0.29) is 18.2 Å². The summed E-state index contributed by atoms with van der Waals surface area (Å²) in [4.78, 5) is 13.7. The van der Waals surface area contributed by atoms with Gasteiger partial charge in [0.05, 0.1) is 25.8 Å². The highest BCUT2D eigenvalue weighted by Crippen LogP contribution is 2.17. The van der Waals surface area contributed by atoms with Crippen molar-refractivity contribution in [3.8, 4) is 11.5 Å². The van der Waals surface area contributed by atoms with E-state index < -0.39 is 0 Å². The first kappa shape index (κ1) is 17.4. The van der Waals surface area contributed by atoms with Crippen molar-refractivity contribution in [1.82, 2.24) is 10.2 Å². The molecule has 0 aliphatic carbocycles. The van der Waals surface area contributed by atoms with Crippen LogP contribution in [0.3, 0.4) is 0 Å². The molecule has 0 saturated carbocycles. The summed E-state index contributed by atoms with van der Waals surface area (Å²) >= 11 is 0. The van der Waals surface area contributed by atoms with Gasteiger partial charge in [-0.3, -0.25) is 0 Å². The fourth-order valence-corrected chi connectivity index (χ4v) is 2.47. The fraction of sp³-hybridized carbons (Fsp3) is 0.588. The molecule has 1 heterocycles. The van der Waals surface area contributed by atoms with Crippen molar-refractivity contribution in [3.05, 3.63) is 24.3 Å². The monoisotopic (exact) mass is 322 g/mol. The van der Waals surface area contributed by atoms with Crippen molar-refractivity contribution in [2.45, 2.75) is 31.9 Å². The molecule has 2 amide bonds. The lowest BCUT2D eigenvalue weighted by atomic mass is 10.1. The summed E-state index contributed by atoms with van der Waals surface area (Å²) in [5.74, 6) is 1.55. The highest BCUT2D eigenvalue weighted by Gasteiger charge is 2.24. The van der Waals surface area contributed by atoms with Gasteiger partial charge in [0, 0.05) is 13.7 Å². The molecule has 0 radical (unpaired) electrons. The maximum atomic E-state index is 12.1. The van der Waals surface area contributed by atoms with Gasteiger partial charge in [0.25, 0.3) is 0 Å². The van der Waals surface area contributed by atoms with E-state index in [1.54, 1.807) is 19.1 Å². The normalized spacial score (nSPS) is 18.3. The van der Waals surface area contributed by atoms with Crippen LogP contribution in [0, 0.1) is 0 Å². The maximum Gasteiger partial charge on any atom is 0.317 e. The summed E-state index contributed by atoms with van der Waals surface area (Å²) in [7, 11) is 3.38. The standard InChI is InChI=1S/C17H26N2O4/c1-13(16-5-4-11-23-16)18-17(20)19(2)10-12-22-15-8-6-14(21-3)7-9-15/h6-9,13,16H,4-5,10-12H2,1-3H3,(H,18,20). The Morgan fingerprint density at radius 1 is 1.39 bits per heavy atom. The SMILES string of the molecule is COc1ccc(OCCN(C)C(=O)NC(C)C2CCCO2)cc1. The van der Waals surface area contributed by atoms with Crippen molar-refractivity contribution in [3.63, 3.8) is 0 Å². The molecule has 1 aliphatic rings. The van der Waals surface area contributed by atoms with E-state index in [9.17, 15) is 4.79 Å². The van der Waals surface area contributed by atoms with Crippen molar-refractivity contribution in [2.24, 2.45) is 0 Å². The van der Waals surface area contributed by atoms with E-state index in [1.165, 1.54) is 0 Å². The van der Waals surface area contributed by atoms with Gasteiger partial charge in [-0.05, 0) is 44.0 Å². The van der Waals surface area contributed by atoms with Crippen LogP contribution in [0.25, 0.3) is 0 Å². The molecule has 23 heavy (non-hydrogen) atoms. The number of carbonyl (C=O) groups excluding carboxylic acids is 1. The van der Waals surface area contributed by atoms with Crippen LogP contribution in [0.15, 0.2) is 24.3 Å². The zero-order valence-corrected chi connectivity index (χ0v) is 14.1. The highest BCUT2D eigenvalue weighted by atomic mass is 16.5. The number of nitrogens with one attached hydrogen (secondary N) is 1. The summed E-state index contributed by atoms with van der Waals surface area (Å²) in [5.41, 5.74) is 0. The van der Waals surface area contributed by atoms with Crippen LogP contribution in [-0.2, 0) is 4.74 Å². The lowest BCUT2D eigenvalue weighted by Crippen LogP contribution is -2.47. The minimum absolute atomic E-state index is 0.0231. The number of benzene rings is 1. The van der Waals surface area contributed by atoms with Crippen LogP contribution < -0.4 is 14.8 Å². The van der Waals surface area contributed by atoms with Gasteiger partial charge in [0.1, 0.15) is 18.1 Å². The van der Waals surface area contributed by atoms with Gasteiger partial charge in [-0.15, -0.1) is 0 Å². The molecular formula is C17H26N2O4. The quantitative estimate of drug-likeness (QED) is 0.837. The minimum Gasteiger partial charge on any atom is -0.497 e. The van der Waals surface area contributed by atoms with E-state index in [4.69, 9.17) is 14.2 Å². The van der Waals surface area contributed by atoms with Gasteiger partial charge in [0.15, 0.2) is 0 Å². The molecule has 1 fully saturated rings. The zero-order chi connectivity index (χ0) is 16.7. The second-order valence-corrected chi connectivity index (χ2v) is 5.74. The molecule has 1 saturated heterocycles. The summed E-state index contributed by atoms with van der Waals surface area (Å²) in [6, 6.07) is 7.29. The van der Waals surface area contributed by atoms with E-state index in [1.807, 2.05) is 31.2 Å². The van der Waals surface area contributed by atoms with Crippen molar-refractivity contribution >= 4 is 6.03 Å². The zero-order valence-electron chi connectivity index (χ0n) is 14.1. The molecule has 1 N–H and O–H groups in total. The van der Waals surface area contributed by atoms with E-state index in [2.05, 4.69) is 5.32 Å². The highest BCUT2D eigenvalue weighted by molar-refractivity contribution is 5.74. The number of urea groups is 1. The van der Waals surface area contributed by atoms with Gasteiger partial charge in [-0.2, -0.15) is 0 Å². The number of amides is 2. The maximum absolute atomic E-state index is 12.1. The third kappa shape index (κ3) is 5.32. The van der Waals surface area contributed by atoms with Crippen LogP contribution >= 0.6 is 0 Å². The van der Waals surface area contributed by atoms with Crippen LogP contribution in [0.2, 0.25) is 0 Å². The van der Waals surface area contributed by atoms with Crippen LogP contribution in [0.1, 0.15) is 19.8 Å². The van der Waals surface area contributed by atoms with Crippen LogP contribution in [0.4, 0.5) is 4.79 Å². The lowest BCUT2D eigenvalue weighted by Gasteiger charge is -2.24. The smallest absolute Gasteiger partial charge is 0.317 e. The molecule has 2 unspecified atom stereocenters. The molecule has 1 aromatic rings. The summed E-state index contributed by atoms with van der Waals surface area (Å²) < 4.78 is 16.3. The molecular weight excluding hydrogens is 296 g/mol. The summed E-state index contributed by atoms with van der Waals surface area (Å²) in [5, 5.41) is 2.98. The van der Waals surface area contributed by atoms with Crippen LogP contribution in [0.5, 0.6) is 11.5 Å². The average Bonchev–Trinajstić information content (AvgIpc) is 3.10.